The molecule has 1 fully saturated rings. The SMILES string of the molecule is C[C@@H]1COCCN1S(=O)(=O)c1cnc(Cl)s1. The van der Waals surface area contributed by atoms with Crippen LogP contribution in [-0.4, -0.2) is 43.5 Å². The van der Waals surface area contributed by atoms with Crippen LogP contribution < -0.4 is 0 Å². The smallest absolute Gasteiger partial charge is 0.254 e. The number of nitrogens with zero attached hydrogens (tertiary/aromatic N) is 2. The third kappa shape index (κ3) is 2.23. The highest BCUT2D eigenvalue weighted by molar-refractivity contribution is 7.91. The Morgan fingerprint density at radius 3 is 3.00 bits per heavy atom. The first-order valence-corrected chi connectivity index (χ1v) is 7.36. The molecule has 8 heteroatoms. The zero-order chi connectivity index (χ0) is 11.8. The molecule has 0 aliphatic carbocycles. The highest BCUT2D eigenvalue weighted by Gasteiger charge is 2.32. The van der Waals surface area contributed by atoms with Crippen molar-refractivity contribution in [2.24, 2.45) is 0 Å². The molecule has 1 aromatic rings. The number of rotatable bonds is 2. The molecular weight excluding hydrogens is 272 g/mol. The summed E-state index contributed by atoms with van der Waals surface area (Å²) >= 11 is 6.62. The minimum atomic E-state index is -3.47. The van der Waals surface area contributed by atoms with Crippen LogP contribution in [-0.2, 0) is 14.8 Å². The van der Waals surface area contributed by atoms with Crippen LogP contribution in [0.5, 0.6) is 0 Å². The maximum Gasteiger partial charge on any atom is 0.254 e. The Kier molecular flexibility index (Phi) is 3.50. The van der Waals surface area contributed by atoms with E-state index in [0.29, 0.717) is 19.8 Å². The van der Waals surface area contributed by atoms with Gasteiger partial charge in [-0.3, -0.25) is 0 Å². The van der Waals surface area contributed by atoms with E-state index in [-0.39, 0.29) is 14.7 Å². The Labute approximate surface area is 103 Å². The highest BCUT2D eigenvalue weighted by atomic mass is 35.5. The number of halogens is 1. The number of ether oxygens (including phenoxy) is 1. The zero-order valence-electron chi connectivity index (χ0n) is 8.59. The second-order valence-corrected chi connectivity index (χ2v) is 7.20. The van der Waals surface area contributed by atoms with Crippen molar-refractivity contribution in [3.8, 4) is 0 Å². The van der Waals surface area contributed by atoms with Gasteiger partial charge in [0.15, 0.2) is 8.68 Å². The number of thiazole rings is 1. The van der Waals surface area contributed by atoms with Gasteiger partial charge >= 0.3 is 0 Å². The minimum absolute atomic E-state index is 0.153. The van der Waals surface area contributed by atoms with Crippen molar-refractivity contribution in [1.82, 2.24) is 9.29 Å². The number of sulfonamides is 1. The fourth-order valence-electron chi connectivity index (χ4n) is 1.54. The van der Waals surface area contributed by atoms with Gasteiger partial charge in [0.05, 0.1) is 19.4 Å². The Morgan fingerprint density at radius 2 is 2.44 bits per heavy atom. The van der Waals surface area contributed by atoms with Crippen LogP contribution in [0, 0.1) is 0 Å². The molecule has 0 N–H and O–H groups in total. The van der Waals surface area contributed by atoms with Crippen molar-refractivity contribution < 1.29 is 13.2 Å². The number of aromatic nitrogens is 1. The van der Waals surface area contributed by atoms with Gasteiger partial charge < -0.3 is 4.74 Å². The van der Waals surface area contributed by atoms with Gasteiger partial charge in [0.2, 0.25) is 0 Å². The number of morpholine rings is 1. The first kappa shape index (κ1) is 12.3. The van der Waals surface area contributed by atoms with Gasteiger partial charge in [0, 0.05) is 12.6 Å². The van der Waals surface area contributed by atoms with E-state index in [0.717, 1.165) is 11.3 Å². The van der Waals surface area contributed by atoms with Crippen LogP contribution in [0.15, 0.2) is 10.4 Å². The predicted octanol–water partition coefficient (Wildman–Crippen LogP) is 1.21. The molecule has 2 heterocycles. The molecule has 0 spiro atoms. The summed E-state index contributed by atoms with van der Waals surface area (Å²) in [5, 5.41) is 0. The molecule has 1 aliphatic rings. The average molecular weight is 283 g/mol. The minimum Gasteiger partial charge on any atom is -0.378 e. The Balaban J connectivity index is 2.31. The lowest BCUT2D eigenvalue weighted by Crippen LogP contribution is -2.46. The lowest BCUT2D eigenvalue weighted by atomic mass is 10.3. The van der Waals surface area contributed by atoms with Crippen molar-refractivity contribution in [2.45, 2.75) is 17.2 Å². The molecule has 0 amide bonds. The molecule has 16 heavy (non-hydrogen) atoms. The van der Waals surface area contributed by atoms with E-state index in [2.05, 4.69) is 4.98 Å². The van der Waals surface area contributed by atoms with Gasteiger partial charge in [-0.2, -0.15) is 4.31 Å². The maximum absolute atomic E-state index is 12.2. The fourth-order valence-corrected chi connectivity index (χ4v) is 4.57. The molecule has 0 bridgehead atoms. The van der Waals surface area contributed by atoms with Gasteiger partial charge in [-0.25, -0.2) is 13.4 Å². The molecule has 90 valence electrons. The van der Waals surface area contributed by atoms with E-state index >= 15 is 0 Å². The molecular formula is C8H11ClN2O3S2. The van der Waals surface area contributed by atoms with Crippen molar-refractivity contribution in [1.29, 1.82) is 0 Å². The van der Waals surface area contributed by atoms with E-state index in [9.17, 15) is 8.42 Å². The van der Waals surface area contributed by atoms with E-state index in [4.69, 9.17) is 16.3 Å². The summed E-state index contributed by atoms with van der Waals surface area (Å²) in [4.78, 5) is 3.75. The first-order chi connectivity index (χ1) is 7.51. The van der Waals surface area contributed by atoms with Crippen LogP contribution in [0.1, 0.15) is 6.92 Å². The van der Waals surface area contributed by atoms with Gasteiger partial charge in [0.25, 0.3) is 10.0 Å². The molecule has 0 unspecified atom stereocenters. The summed E-state index contributed by atoms with van der Waals surface area (Å²) in [7, 11) is -3.47. The monoisotopic (exact) mass is 282 g/mol. The Hall–Kier alpha value is -0.210. The van der Waals surface area contributed by atoms with E-state index in [1.54, 1.807) is 0 Å². The van der Waals surface area contributed by atoms with Gasteiger partial charge in [-0.05, 0) is 6.92 Å². The average Bonchev–Trinajstić information content (AvgIpc) is 2.66. The van der Waals surface area contributed by atoms with Crippen LogP contribution in [0.4, 0.5) is 0 Å². The molecule has 0 saturated carbocycles. The third-order valence-electron chi connectivity index (χ3n) is 2.33. The second-order valence-electron chi connectivity index (χ2n) is 3.47. The summed E-state index contributed by atoms with van der Waals surface area (Å²) < 4.78 is 31.4. The summed E-state index contributed by atoms with van der Waals surface area (Å²) in [6, 6.07) is -0.153. The molecule has 1 atom stereocenters. The van der Waals surface area contributed by atoms with Crippen molar-refractivity contribution in [3.05, 3.63) is 10.7 Å². The lowest BCUT2D eigenvalue weighted by Gasteiger charge is -2.31. The van der Waals surface area contributed by atoms with Crippen LogP contribution >= 0.6 is 22.9 Å². The maximum atomic E-state index is 12.2. The van der Waals surface area contributed by atoms with E-state index < -0.39 is 10.0 Å². The third-order valence-corrected chi connectivity index (χ3v) is 5.89. The molecule has 0 radical (unpaired) electrons. The molecule has 1 aromatic heterocycles. The standard InChI is InChI=1S/C8H11ClN2O3S2/c1-6-5-14-3-2-11(6)16(12,13)7-4-10-8(9)15-7/h4,6H,2-3,5H2,1H3/t6-/m1/s1. The molecule has 0 aromatic carbocycles. The van der Waals surface area contributed by atoms with Gasteiger partial charge in [-0.15, -0.1) is 0 Å². The molecule has 5 nitrogen and oxygen atoms in total. The highest BCUT2D eigenvalue weighted by Crippen LogP contribution is 2.27. The Bertz CT molecular complexity index is 473. The summed E-state index contributed by atoms with van der Waals surface area (Å²) in [6.45, 7) is 3.04. The summed E-state index contributed by atoms with van der Waals surface area (Å²) in [5.74, 6) is 0. The normalized spacial score (nSPS) is 23.5. The fraction of sp³-hybridized carbons (Fsp3) is 0.625. The topological polar surface area (TPSA) is 59.5 Å². The quantitative estimate of drug-likeness (QED) is 0.818. The molecule has 2 rings (SSSR count). The number of hydrogen-bond acceptors (Lipinski definition) is 5. The van der Waals surface area contributed by atoms with E-state index in [1.807, 2.05) is 6.92 Å². The van der Waals surface area contributed by atoms with Crippen LogP contribution in [0.25, 0.3) is 0 Å². The predicted molar refractivity (Wildman–Crippen MR) is 61.3 cm³/mol. The van der Waals surface area contributed by atoms with Crippen LogP contribution in [0.3, 0.4) is 0 Å². The van der Waals surface area contributed by atoms with Gasteiger partial charge in [-0.1, -0.05) is 22.9 Å². The van der Waals surface area contributed by atoms with Crippen LogP contribution in [0.2, 0.25) is 4.47 Å². The summed E-state index contributed by atoms with van der Waals surface area (Å²) in [6.07, 6.45) is 1.30. The van der Waals surface area contributed by atoms with Crippen molar-refractivity contribution >= 4 is 33.0 Å². The zero-order valence-corrected chi connectivity index (χ0v) is 11.0. The van der Waals surface area contributed by atoms with E-state index in [1.165, 1.54) is 10.5 Å². The van der Waals surface area contributed by atoms with Crippen molar-refractivity contribution in [3.63, 3.8) is 0 Å². The molecule has 1 saturated heterocycles. The Morgan fingerprint density at radius 1 is 1.69 bits per heavy atom. The largest absolute Gasteiger partial charge is 0.378 e. The van der Waals surface area contributed by atoms with Crippen molar-refractivity contribution in [2.75, 3.05) is 19.8 Å². The summed E-state index contributed by atoms with van der Waals surface area (Å²) in [5.41, 5.74) is 0. The number of hydrogen-bond donors (Lipinski definition) is 0. The first-order valence-electron chi connectivity index (χ1n) is 4.73. The lowest BCUT2D eigenvalue weighted by molar-refractivity contribution is 0.0393. The molecule has 1 aliphatic heterocycles. The van der Waals surface area contributed by atoms with Gasteiger partial charge in [0.1, 0.15) is 0 Å². The second kappa shape index (κ2) is 4.58.